The molecule has 1 aromatic carbocycles. The number of pyridine rings is 1. The molecule has 0 aliphatic carbocycles. The topological polar surface area (TPSA) is 38.9 Å². The molecule has 0 aliphatic heterocycles. The number of hydrogen-bond donors (Lipinski definition) is 1. The van der Waals surface area contributed by atoms with E-state index in [1.165, 1.54) is 12.1 Å². The van der Waals surface area contributed by atoms with Crippen LogP contribution in [0.3, 0.4) is 0 Å². The second-order valence-electron chi connectivity index (χ2n) is 3.67. The first-order valence-electron chi connectivity index (χ1n) is 4.89. The number of fused-ring (bicyclic) bond motifs is 1. The highest BCUT2D eigenvalue weighted by Gasteiger charge is 2.08. The minimum atomic E-state index is -0.263. The van der Waals surface area contributed by atoms with E-state index in [0.717, 1.165) is 22.2 Å². The van der Waals surface area contributed by atoms with Crippen molar-refractivity contribution in [2.24, 2.45) is 5.73 Å². The van der Waals surface area contributed by atoms with Gasteiger partial charge in [0.2, 0.25) is 0 Å². The van der Waals surface area contributed by atoms with Crippen LogP contribution in [0.4, 0.5) is 4.39 Å². The fourth-order valence-corrected chi connectivity index (χ4v) is 1.80. The van der Waals surface area contributed by atoms with Gasteiger partial charge in [-0.05, 0) is 37.1 Å². The first-order chi connectivity index (χ1) is 7.13. The number of nitrogens with zero attached hydrogens (tertiary/aromatic N) is 1. The molecule has 2 rings (SSSR count). The molecule has 0 fully saturated rings. The molecule has 0 saturated carbocycles. The summed E-state index contributed by atoms with van der Waals surface area (Å²) in [5.41, 5.74) is 9.44. The monoisotopic (exact) mass is 204 g/mol. The summed E-state index contributed by atoms with van der Waals surface area (Å²) in [5.74, 6) is -0.263. The summed E-state index contributed by atoms with van der Waals surface area (Å²) in [6, 6.07) is 4.63. The Balaban J connectivity index is 2.88. The number of hydrogen-bond acceptors (Lipinski definition) is 2. The van der Waals surface area contributed by atoms with Crippen LogP contribution in [0.2, 0.25) is 0 Å². The molecular weight excluding hydrogens is 191 g/mol. The van der Waals surface area contributed by atoms with Gasteiger partial charge < -0.3 is 5.73 Å². The minimum absolute atomic E-state index is 0.263. The molecule has 15 heavy (non-hydrogen) atoms. The molecule has 0 radical (unpaired) electrons. The summed E-state index contributed by atoms with van der Waals surface area (Å²) in [4.78, 5) is 4.35. The van der Waals surface area contributed by atoms with Crippen LogP contribution in [-0.4, -0.2) is 4.98 Å². The largest absolute Gasteiger partial charge is 0.326 e. The summed E-state index contributed by atoms with van der Waals surface area (Å²) in [7, 11) is 0. The van der Waals surface area contributed by atoms with E-state index in [1.54, 1.807) is 6.07 Å². The lowest BCUT2D eigenvalue weighted by Gasteiger charge is -2.10. The van der Waals surface area contributed by atoms with Crippen molar-refractivity contribution >= 4 is 10.9 Å². The molecule has 2 aromatic rings. The lowest BCUT2D eigenvalue weighted by molar-refractivity contribution is 0.629. The molecule has 0 spiro atoms. The quantitative estimate of drug-likeness (QED) is 0.774. The van der Waals surface area contributed by atoms with E-state index in [0.29, 0.717) is 12.1 Å². The van der Waals surface area contributed by atoms with Gasteiger partial charge in [0.15, 0.2) is 0 Å². The maximum Gasteiger partial charge on any atom is 0.125 e. The fraction of sp³-hybridized carbons (Fsp3) is 0.250. The molecule has 3 heteroatoms. The van der Waals surface area contributed by atoms with Crippen molar-refractivity contribution in [3.63, 3.8) is 0 Å². The Bertz CT molecular complexity index is 521. The smallest absolute Gasteiger partial charge is 0.125 e. The molecule has 0 unspecified atom stereocenters. The average Bonchev–Trinajstić information content (AvgIpc) is 2.20. The third kappa shape index (κ3) is 1.59. The zero-order chi connectivity index (χ0) is 11.0. The highest BCUT2D eigenvalue weighted by Crippen LogP contribution is 2.22. The standard InChI is InChI=1S/C12H13FN2/c1-7-8(2)15-12-5-9(13)3-4-10(12)11(7)6-14/h3-5H,6,14H2,1-2H3. The summed E-state index contributed by atoms with van der Waals surface area (Å²) in [6.07, 6.45) is 0. The van der Waals surface area contributed by atoms with E-state index in [-0.39, 0.29) is 5.82 Å². The van der Waals surface area contributed by atoms with Crippen molar-refractivity contribution in [1.29, 1.82) is 0 Å². The van der Waals surface area contributed by atoms with Gasteiger partial charge in [-0.15, -0.1) is 0 Å². The number of aromatic nitrogens is 1. The zero-order valence-electron chi connectivity index (χ0n) is 8.84. The van der Waals surface area contributed by atoms with Gasteiger partial charge in [0.05, 0.1) is 5.52 Å². The van der Waals surface area contributed by atoms with Gasteiger partial charge in [-0.3, -0.25) is 4.98 Å². The Morgan fingerprint density at radius 1 is 1.33 bits per heavy atom. The van der Waals surface area contributed by atoms with Gasteiger partial charge in [0, 0.05) is 23.7 Å². The van der Waals surface area contributed by atoms with Crippen LogP contribution in [0.25, 0.3) is 10.9 Å². The van der Waals surface area contributed by atoms with Crippen molar-refractivity contribution < 1.29 is 4.39 Å². The molecule has 0 atom stereocenters. The van der Waals surface area contributed by atoms with Crippen molar-refractivity contribution in [3.05, 3.63) is 40.8 Å². The third-order valence-electron chi connectivity index (χ3n) is 2.77. The Kier molecular flexibility index (Phi) is 2.40. The van der Waals surface area contributed by atoms with E-state index < -0.39 is 0 Å². The van der Waals surface area contributed by atoms with E-state index in [1.807, 2.05) is 13.8 Å². The van der Waals surface area contributed by atoms with E-state index in [4.69, 9.17) is 5.73 Å². The van der Waals surface area contributed by atoms with E-state index in [2.05, 4.69) is 4.98 Å². The summed E-state index contributed by atoms with van der Waals surface area (Å²) < 4.78 is 13.0. The molecular formula is C12H13FN2. The van der Waals surface area contributed by atoms with Crippen molar-refractivity contribution in [2.45, 2.75) is 20.4 Å². The second kappa shape index (κ2) is 3.59. The molecule has 1 aromatic heterocycles. The van der Waals surface area contributed by atoms with Gasteiger partial charge >= 0.3 is 0 Å². The lowest BCUT2D eigenvalue weighted by atomic mass is 10.0. The minimum Gasteiger partial charge on any atom is -0.326 e. The molecule has 1 heterocycles. The molecule has 2 N–H and O–H groups in total. The molecule has 0 saturated heterocycles. The summed E-state index contributed by atoms with van der Waals surface area (Å²) in [5, 5.41) is 0.946. The van der Waals surface area contributed by atoms with E-state index in [9.17, 15) is 4.39 Å². The third-order valence-corrected chi connectivity index (χ3v) is 2.77. The second-order valence-corrected chi connectivity index (χ2v) is 3.67. The molecule has 0 bridgehead atoms. The first kappa shape index (κ1) is 10.1. The molecule has 78 valence electrons. The van der Waals surface area contributed by atoms with Crippen LogP contribution in [0.15, 0.2) is 18.2 Å². The predicted molar refractivity (Wildman–Crippen MR) is 59.1 cm³/mol. The first-order valence-corrected chi connectivity index (χ1v) is 4.89. The predicted octanol–water partition coefficient (Wildman–Crippen LogP) is 2.45. The number of rotatable bonds is 1. The molecule has 0 amide bonds. The summed E-state index contributed by atoms with van der Waals surface area (Å²) >= 11 is 0. The zero-order valence-corrected chi connectivity index (χ0v) is 8.84. The van der Waals surface area contributed by atoms with Crippen molar-refractivity contribution in [1.82, 2.24) is 4.98 Å². The summed E-state index contributed by atoms with van der Waals surface area (Å²) in [6.45, 7) is 4.36. The van der Waals surface area contributed by atoms with Crippen LogP contribution in [0.1, 0.15) is 16.8 Å². The molecule has 2 nitrogen and oxygen atoms in total. The van der Waals surface area contributed by atoms with Crippen LogP contribution in [0, 0.1) is 19.7 Å². The van der Waals surface area contributed by atoms with Crippen LogP contribution in [-0.2, 0) is 6.54 Å². The van der Waals surface area contributed by atoms with Crippen molar-refractivity contribution in [2.75, 3.05) is 0 Å². The van der Waals surface area contributed by atoms with Gasteiger partial charge in [0.25, 0.3) is 0 Å². The van der Waals surface area contributed by atoms with Crippen molar-refractivity contribution in [3.8, 4) is 0 Å². The average molecular weight is 204 g/mol. The number of benzene rings is 1. The van der Waals surface area contributed by atoms with Crippen LogP contribution < -0.4 is 5.73 Å². The lowest BCUT2D eigenvalue weighted by Crippen LogP contribution is -2.03. The van der Waals surface area contributed by atoms with Crippen LogP contribution >= 0.6 is 0 Å². The maximum absolute atomic E-state index is 13.0. The number of aryl methyl sites for hydroxylation is 1. The normalized spacial score (nSPS) is 10.9. The highest BCUT2D eigenvalue weighted by atomic mass is 19.1. The van der Waals surface area contributed by atoms with Gasteiger partial charge in [-0.2, -0.15) is 0 Å². The fourth-order valence-electron chi connectivity index (χ4n) is 1.80. The van der Waals surface area contributed by atoms with Crippen LogP contribution in [0.5, 0.6) is 0 Å². The maximum atomic E-state index is 13.0. The number of halogens is 1. The Morgan fingerprint density at radius 2 is 2.07 bits per heavy atom. The van der Waals surface area contributed by atoms with Gasteiger partial charge in [-0.1, -0.05) is 0 Å². The number of nitrogens with two attached hydrogens (primary N) is 1. The van der Waals surface area contributed by atoms with Gasteiger partial charge in [-0.25, -0.2) is 4.39 Å². The Morgan fingerprint density at radius 3 is 2.73 bits per heavy atom. The highest BCUT2D eigenvalue weighted by molar-refractivity contribution is 5.83. The van der Waals surface area contributed by atoms with E-state index >= 15 is 0 Å². The van der Waals surface area contributed by atoms with Gasteiger partial charge in [0.1, 0.15) is 5.82 Å². The SMILES string of the molecule is Cc1nc2cc(F)ccc2c(CN)c1C. The Hall–Kier alpha value is -1.48. The Labute approximate surface area is 87.9 Å². The molecule has 0 aliphatic rings.